The van der Waals surface area contributed by atoms with E-state index in [4.69, 9.17) is 16.6 Å². The van der Waals surface area contributed by atoms with E-state index in [1.807, 2.05) is 30.5 Å². The van der Waals surface area contributed by atoms with Crippen molar-refractivity contribution in [2.75, 3.05) is 0 Å². The number of halogens is 1. The van der Waals surface area contributed by atoms with Crippen LogP contribution in [0.2, 0.25) is 5.02 Å². The van der Waals surface area contributed by atoms with E-state index in [2.05, 4.69) is 42.7 Å². The maximum absolute atomic E-state index is 13.1. The van der Waals surface area contributed by atoms with Gasteiger partial charge < -0.3 is 4.57 Å². The van der Waals surface area contributed by atoms with Gasteiger partial charge in [-0.15, -0.1) is 0 Å². The highest BCUT2D eigenvalue weighted by molar-refractivity contribution is 6.30. The highest BCUT2D eigenvalue weighted by atomic mass is 35.5. The Hall–Kier alpha value is -2.85. The van der Waals surface area contributed by atoms with Crippen molar-refractivity contribution < 1.29 is 0 Å². The van der Waals surface area contributed by atoms with E-state index in [1.165, 1.54) is 18.4 Å². The van der Waals surface area contributed by atoms with Gasteiger partial charge in [0.1, 0.15) is 0 Å². The number of hydrogen-bond acceptors (Lipinski definition) is 2. The fourth-order valence-corrected chi connectivity index (χ4v) is 4.18. The molecule has 0 aliphatic rings. The maximum Gasteiger partial charge on any atom is 0.259 e. The quantitative estimate of drug-likeness (QED) is 0.259. The number of benzene rings is 2. The maximum atomic E-state index is 13.1. The predicted octanol–water partition coefficient (Wildman–Crippen LogP) is 7.02. The third-order valence-corrected chi connectivity index (χ3v) is 6.16. The highest BCUT2D eigenvalue weighted by Gasteiger charge is 2.15. The van der Waals surface area contributed by atoms with Gasteiger partial charge in [0.2, 0.25) is 5.78 Å². The van der Waals surface area contributed by atoms with E-state index in [9.17, 15) is 4.79 Å². The van der Waals surface area contributed by atoms with Gasteiger partial charge in [-0.2, -0.15) is 0 Å². The topological polar surface area (TPSA) is 39.3 Å². The summed E-state index contributed by atoms with van der Waals surface area (Å²) >= 11 is 6.05. The average Bonchev–Trinajstić information content (AvgIpc) is 3.26. The molecule has 2 aromatic carbocycles. The first-order valence-electron chi connectivity index (χ1n) is 11.6. The number of aryl methyl sites for hydroxylation is 2. The second kappa shape index (κ2) is 10.2. The van der Waals surface area contributed by atoms with Crippen molar-refractivity contribution in [3.63, 3.8) is 0 Å². The summed E-state index contributed by atoms with van der Waals surface area (Å²) in [4.78, 5) is 17.9. The zero-order valence-corrected chi connectivity index (χ0v) is 19.6. The van der Waals surface area contributed by atoms with Gasteiger partial charge >= 0.3 is 0 Å². The van der Waals surface area contributed by atoms with Gasteiger partial charge in [0.25, 0.3) is 5.56 Å². The second-order valence-corrected chi connectivity index (χ2v) is 8.77. The Bertz CT molecular complexity index is 1240. The number of aromatic nitrogens is 3. The molecule has 0 atom stereocenters. The largest absolute Gasteiger partial charge is 0.311 e. The van der Waals surface area contributed by atoms with Crippen LogP contribution in [-0.4, -0.2) is 14.0 Å². The fraction of sp³-hybridized carbons (Fsp3) is 0.333. The summed E-state index contributed by atoms with van der Waals surface area (Å²) in [6, 6.07) is 17.9. The van der Waals surface area contributed by atoms with Gasteiger partial charge in [-0.05, 0) is 42.5 Å². The lowest BCUT2D eigenvalue weighted by atomic mass is 10.0. The molecule has 0 radical (unpaired) electrons. The van der Waals surface area contributed by atoms with Crippen molar-refractivity contribution in [1.82, 2.24) is 14.0 Å². The smallest absolute Gasteiger partial charge is 0.259 e. The lowest BCUT2D eigenvalue weighted by Gasteiger charge is -2.15. The molecule has 0 N–H and O–H groups in total. The zero-order valence-electron chi connectivity index (χ0n) is 18.9. The van der Waals surface area contributed by atoms with Crippen molar-refractivity contribution in [3.05, 3.63) is 81.7 Å². The molecule has 0 aliphatic carbocycles. The number of nitrogens with zero attached hydrogens (tertiary/aromatic N) is 3. The van der Waals surface area contributed by atoms with Crippen molar-refractivity contribution >= 4 is 17.4 Å². The first kappa shape index (κ1) is 22.3. The Balaban J connectivity index is 1.81. The van der Waals surface area contributed by atoms with E-state index >= 15 is 0 Å². The van der Waals surface area contributed by atoms with Crippen LogP contribution < -0.4 is 5.56 Å². The normalized spacial score (nSPS) is 11.3. The Morgan fingerprint density at radius 2 is 1.56 bits per heavy atom. The number of hydrogen-bond donors (Lipinski definition) is 0. The molecule has 166 valence electrons. The van der Waals surface area contributed by atoms with Crippen LogP contribution in [0.3, 0.4) is 0 Å². The summed E-state index contributed by atoms with van der Waals surface area (Å²) in [5, 5.41) is 0.682. The van der Waals surface area contributed by atoms with Crippen LogP contribution in [0.4, 0.5) is 0 Å². The van der Waals surface area contributed by atoms with Crippen LogP contribution in [0.15, 0.2) is 65.6 Å². The SMILES string of the molecule is CCCCCn1c(-c2ccc(CCCC)cc2)cc(=O)n2cc(-c3ccc(Cl)cc3)nc12. The number of imidazole rings is 1. The fourth-order valence-electron chi connectivity index (χ4n) is 4.06. The molecule has 4 rings (SSSR count). The molecule has 0 saturated carbocycles. The summed E-state index contributed by atoms with van der Waals surface area (Å²) < 4.78 is 3.85. The molecule has 4 nitrogen and oxygen atoms in total. The summed E-state index contributed by atoms with van der Waals surface area (Å²) in [6.07, 6.45) is 8.61. The Labute approximate surface area is 194 Å². The number of rotatable bonds is 9. The van der Waals surface area contributed by atoms with Gasteiger partial charge in [0.05, 0.1) is 11.4 Å². The monoisotopic (exact) mass is 447 g/mol. The minimum absolute atomic E-state index is 0.0653. The molecule has 0 amide bonds. The predicted molar refractivity (Wildman–Crippen MR) is 133 cm³/mol. The molecule has 0 unspecified atom stereocenters. The molecule has 0 fully saturated rings. The Kier molecular flexibility index (Phi) is 7.11. The highest BCUT2D eigenvalue weighted by Crippen LogP contribution is 2.25. The molecule has 32 heavy (non-hydrogen) atoms. The lowest BCUT2D eigenvalue weighted by molar-refractivity contribution is 0.606. The van der Waals surface area contributed by atoms with Gasteiger partial charge in [-0.1, -0.05) is 81.1 Å². The van der Waals surface area contributed by atoms with Gasteiger partial charge in [-0.3, -0.25) is 9.20 Å². The van der Waals surface area contributed by atoms with E-state index in [0.717, 1.165) is 54.7 Å². The van der Waals surface area contributed by atoms with Crippen LogP contribution in [0.25, 0.3) is 28.3 Å². The van der Waals surface area contributed by atoms with Crippen LogP contribution in [0.1, 0.15) is 51.5 Å². The minimum Gasteiger partial charge on any atom is -0.311 e. The standard InChI is InChI=1S/C27H30ClN3O/c1-3-5-7-17-30-25(22-11-9-20(10-12-22)8-6-4-2)18-26(32)31-19-24(29-27(30)31)21-13-15-23(28)16-14-21/h9-16,18-19H,3-8,17H2,1-2H3. The molecule has 4 aromatic rings. The van der Waals surface area contributed by atoms with Crippen LogP contribution in [0, 0.1) is 0 Å². The molecule has 5 heteroatoms. The lowest BCUT2D eigenvalue weighted by Crippen LogP contribution is -2.18. The van der Waals surface area contributed by atoms with Crippen molar-refractivity contribution in [3.8, 4) is 22.5 Å². The molecular weight excluding hydrogens is 418 g/mol. The van der Waals surface area contributed by atoms with Crippen LogP contribution in [-0.2, 0) is 13.0 Å². The minimum atomic E-state index is -0.0653. The molecule has 2 aromatic heterocycles. The molecular formula is C27H30ClN3O. The Morgan fingerprint density at radius 3 is 2.25 bits per heavy atom. The van der Waals surface area contributed by atoms with E-state index in [0.29, 0.717) is 10.8 Å². The van der Waals surface area contributed by atoms with Crippen LogP contribution in [0.5, 0.6) is 0 Å². The van der Waals surface area contributed by atoms with E-state index in [-0.39, 0.29) is 5.56 Å². The molecule has 2 heterocycles. The summed E-state index contributed by atoms with van der Waals surface area (Å²) in [5.74, 6) is 0.684. The van der Waals surface area contributed by atoms with Gasteiger partial charge in [-0.25, -0.2) is 4.98 Å². The number of fused-ring (bicyclic) bond motifs is 1. The molecule has 0 spiro atoms. The molecule has 0 aliphatic heterocycles. The first-order chi connectivity index (χ1) is 15.6. The Morgan fingerprint density at radius 1 is 0.875 bits per heavy atom. The van der Waals surface area contributed by atoms with Gasteiger partial charge in [0, 0.05) is 29.4 Å². The van der Waals surface area contributed by atoms with Crippen molar-refractivity contribution in [2.45, 2.75) is 58.9 Å². The van der Waals surface area contributed by atoms with E-state index in [1.54, 1.807) is 10.5 Å². The van der Waals surface area contributed by atoms with E-state index < -0.39 is 0 Å². The third-order valence-electron chi connectivity index (χ3n) is 5.91. The first-order valence-corrected chi connectivity index (χ1v) is 12.0. The molecule has 0 bridgehead atoms. The second-order valence-electron chi connectivity index (χ2n) is 8.33. The average molecular weight is 448 g/mol. The summed E-state index contributed by atoms with van der Waals surface area (Å²) in [7, 11) is 0. The summed E-state index contributed by atoms with van der Waals surface area (Å²) in [5.41, 5.74) is 4.97. The summed E-state index contributed by atoms with van der Waals surface area (Å²) in [6.45, 7) is 5.23. The van der Waals surface area contributed by atoms with Crippen molar-refractivity contribution in [1.29, 1.82) is 0 Å². The van der Waals surface area contributed by atoms with Crippen molar-refractivity contribution in [2.24, 2.45) is 0 Å². The van der Waals surface area contributed by atoms with Gasteiger partial charge in [0.15, 0.2) is 0 Å². The molecule has 0 saturated heterocycles. The van der Waals surface area contributed by atoms with Crippen LogP contribution >= 0.6 is 11.6 Å². The third kappa shape index (κ3) is 4.81. The number of unbranched alkanes of at least 4 members (excludes halogenated alkanes) is 3. The zero-order chi connectivity index (χ0) is 22.5.